The van der Waals surface area contributed by atoms with Crippen molar-refractivity contribution in [3.8, 4) is 0 Å². The third kappa shape index (κ3) is 2.93. The van der Waals surface area contributed by atoms with Crippen molar-refractivity contribution < 1.29 is 9.18 Å². The predicted molar refractivity (Wildman–Crippen MR) is 97.7 cm³/mol. The Labute approximate surface area is 152 Å². The predicted octanol–water partition coefficient (Wildman–Crippen LogP) is 2.75. The lowest BCUT2D eigenvalue weighted by atomic mass is 10.0. The number of benzene rings is 1. The summed E-state index contributed by atoms with van der Waals surface area (Å²) in [4.78, 5) is 26.0. The summed E-state index contributed by atoms with van der Waals surface area (Å²) in [6, 6.07) is 6.69. The van der Waals surface area contributed by atoms with Crippen molar-refractivity contribution in [3.05, 3.63) is 52.6 Å². The number of aryl methyl sites for hydroxylation is 2. The Balaban J connectivity index is 1.46. The fraction of sp³-hybridized carbons (Fsp3) is 0.450. The van der Waals surface area contributed by atoms with Crippen LogP contribution in [0.1, 0.15) is 27.3 Å². The molecule has 4 rings (SSSR count). The second kappa shape index (κ2) is 6.34. The maximum absolute atomic E-state index is 13.8. The largest absolute Gasteiger partial charge is 0.340 e. The third-order valence-electron chi connectivity index (χ3n) is 5.52. The molecule has 0 spiro atoms. The summed E-state index contributed by atoms with van der Waals surface area (Å²) in [6.07, 6.45) is 0. The van der Waals surface area contributed by atoms with E-state index < -0.39 is 0 Å². The molecule has 26 heavy (non-hydrogen) atoms. The van der Waals surface area contributed by atoms with E-state index in [1.165, 1.54) is 6.07 Å². The fourth-order valence-electron chi connectivity index (χ4n) is 4.18. The minimum atomic E-state index is -0.326. The highest BCUT2D eigenvalue weighted by atomic mass is 19.1. The maximum atomic E-state index is 13.8. The first-order valence-electron chi connectivity index (χ1n) is 9.04. The fourth-order valence-corrected chi connectivity index (χ4v) is 4.18. The lowest BCUT2D eigenvalue weighted by molar-refractivity contribution is 0.0781. The van der Waals surface area contributed by atoms with Crippen LogP contribution < -0.4 is 4.90 Å². The Morgan fingerprint density at radius 3 is 2.27 bits per heavy atom. The Bertz CT molecular complexity index is 835. The van der Waals surface area contributed by atoms with Crippen molar-refractivity contribution in [2.45, 2.75) is 20.8 Å². The van der Waals surface area contributed by atoms with E-state index in [1.807, 2.05) is 24.8 Å². The van der Waals surface area contributed by atoms with Crippen molar-refractivity contribution in [1.82, 2.24) is 14.9 Å². The molecule has 2 aliphatic rings. The van der Waals surface area contributed by atoms with E-state index in [2.05, 4.69) is 14.9 Å². The standard InChI is InChI=1S/C20H23FN4O/c1-12-7-13(2)23-20(22-12)25-10-15-8-24(9-16(15)11-25)19(26)17-5-4-6-18(21)14(17)3/h4-7,15-16H,8-11H2,1-3H3. The molecule has 1 aromatic carbocycles. The zero-order valence-electron chi connectivity index (χ0n) is 15.4. The molecule has 0 radical (unpaired) electrons. The van der Waals surface area contributed by atoms with Crippen molar-refractivity contribution in [2.24, 2.45) is 11.8 Å². The summed E-state index contributed by atoms with van der Waals surface area (Å²) in [5.41, 5.74) is 2.85. The van der Waals surface area contributed by atoms with Crippen LogP contribution in [-0.2, 0) is 0 Å². The van der Waals surface area contributed by atoms with Crippen LogP contribution in [-0.4, -0.2) is 47.0 Å². The molecule has 0 N–H and O–H groups in total. The highest BCUT2D eigenvalue weighted by Crippen LogP contribution is 2.34. The van der Waals surface area contributed by atoms with Crippen molar-refractivity contribution in [2.75, 3.05) is 31.1 Å². The normalized spacial score (nSPS) is 22.0. The van der Waals surface area contributed by atoms with Gasteiger partial charge in [0.05, 0.1) is 0 Å². The number of aromatic nitrogens is 2. The minimum Gasteiger partial charge on any atom is -0.340 e. The smallest absolute Gasteiger partial charge is 0.254 e. The second-order valence-corrected chi connectivity index (χ2v) is 7.50. The van der Waals surface area contributed by atoms with E-state index in [-0.39, 0.29) is 11.7 Å². The van der Waals surface area contributed by atoms with E-state index in [4.69, 9.17) is 0 Å². The van der Waals surface area contributed by atoms with Gasteiger partial charge in [0, 0.05) is 55.0 Å². The van der Waals surface area contributed by atoms with Crippen molar-refractivity contribution in [1.29, 1.82) is 0 Å². The van der Waals surface area contributed by atoms with Crippen LogP contribution in [0.25, 0.3) is 0 Å². The molecular formula is C20H23FN4O. The van der Waals surface area contributed by atoms with E-state index in [9.17, 15) is 9.18 Å². The molecular weight excluding hydrogens is 331 g/mol. The summed E-state index contributed by atoms with van der Waals surface area (Å²) < 4.78 is 13.8. The Morgan fingerprint density at radius 1 is 1.04 bits per heavy atom. The van der Waals surface area contributed by atoms with Crippen molar-refractivity contribution in [3.63, 3.8) is 0 Å². The number of amides is 1. The molecule has 2 aromatic rings. The average molecular weight is 354 g/mol. The molecule has 2 aliphatic heterocycles. The molecule has 2 atom stereocenters. The SMILES string of the molecule is Cc1cc(C)nc(N2CC3CN(C(=O)c4cccc(F)c4C)CC3C2)n1. The van der Waals surface area contributed by atoms with E-state index in [0.29, 0.717) is 36.1 Å². The highest BCUT2D eigenvalue weighted by Gasteiger charge is 2.42. The first-order chi connectivity index (χ1) is 12.4. The lowest BCUT2D eigenvalue weighted by Gasteiger charge is -2.22. The summed E-state index contributed by atoms with van der Waals surface area (Å²) in [5.74, 6) is 1.23. The third-order valence-corrected chi connectivity index (χ3v) is 5.52. The molecule has 1 amide bonds. The number of carbonyl (C=O) groups excluding carboxylic acids is 1. The summed E-state index contributed by atoms with van der Waals surface area (Å²) in [6.45, 7) is 8.77. The Kier molecular flexibility index (Phi) is 4.13. The first-order valence-corrected chi connectivity index (χ1v) is 9.04. The van der Waals surface area contributed by atoms with Gasteiger partial charge in [-0.3, -0.25) is 4.79 Å². The Hall–Kier alpha value is -2.50. The van der Waals surface area contributed by atoms with Crippen LogP contribution in [0.15, 0.2) is 24.3 Å². The van der Waals surface area contributed by atoms with Crippen LogP contribution in [0.5, 0.6) is 0 Å². The molecule has 6 heteroatoms. The monoisotopic (exact) mass is 354 g/mol. The number of hydrogen-bond donors (Lipinski definition) is 0. The highest BCUT2D eigenvalue weighted by molar-refractivity contribution is 5.95. The molecule has 0 bridgehead atoms. The lowest BCUT2D eigenvalue weighted by Crippen LogP contribution is -2.34. The maximum Gasteiger partial charge on any atom is 0.254 e. The number of hydrogen-bond acceptors (Lipinski definition) is 4. The molecule has 2 unspecified atom stereocenters. The zero-order valence-corrected chi connectivity index (χ0v) is 15.4. The van der Waals surface area contributed by atoms with Crippen molar-refractivity contribution >= 4 is 11.9 Å². The second-order valence-electron chi connectivity index (χ2n) is 7.50. The van der Waals surface area contributed by atoms with E-state index in [1.54, 1.807) is 19.1 Å². The van der Waals surface area contributed by atoms with Gasteiger partial charge in [-0.1, -0.05) is 6.07 Å². The quantitative estimate of drug-likeness (QED) is 0.832. The summed E-state index contributed by atoms with van der Waals surface area (Å²) in [7, 11) is 0. The van der Waals surface area contributed by atoms with Gasteiger partial charge in [-0.15, -0.1) is 0 Å². The van der Waals surface area contributed by atoms with Crippen LogP contribution in [0, 0.1) is 38.4 Å². The van der Waals surface area contributed by atoms with Gasteiger partial charge in [-0.25, -0.2) is 14.4 Å². The number of fused-ring (bicyclic) bond motifs is 1. The molecule has 0 aliphatic carbocycles. The van der Waals surface area contributed by atoms with Crippen LogP contribution >= 0.6 is 0 Å². The average Bonchev–Trinajstić information content (AvgIpc) is 3.15. The van der Waals surface area contributed by atoms with Gasteiger partial charge in [0.2, 0.25) is 5.95 Å². The molecule has 3 heterocycles. The van der Waals surface area contributed by atoms with Gasteiger partial charge in [-0.05, 0) is 44.5 Å². The number of nitrogens with zero attached hydrogens (tertiary/aromatic N) is 4. The van der Waals surface area contributed by atoms with Gasteiger partial charge in [0.25, 0.3) is 5.91 Å². The molecule has 5 nitrogen and oxygen atoms in total. The van der Waals surface area contributed by atoms with Gasteiger partial charge < -0.3 is 9.80 Å². The number of halogens is 1. The number of likely N-dealkylation sites (tertiary alicyclic amines) is 1. The molecule has 0 saturated carbocycles. The van der Waals surface area contributed by atoms with Gasteiger partial charge in [0.1, 0.15) is 5.82 Å². The minimum absolute atomic E-state index is 0.0643. The van der Waals surface area contributed by atoms with Crippen LogP contribution in [0.4, 0.5) is 10.3 Å². The summed E-state index contributed by atoms with van der Waals surface area (Å²) in [5, 5.41) is 0. The topological polar surface area (TPSA) is 49.3 Å². The number of carbonyl (C=O) groups is 1. The first kappa shape index (κ1) is 16.9. The van der Waals surface area contributed by atoms with Crippen LogP contribution in [0.2, 0.25) is 0 Å². The number of rotatable bonds is 2. The molecule has 2 saturated heterocycles. The van der Waals surface area contributed by atoms with Gasteiger partial charge in [-0.2, -0.15) is 0 Å². The molecule has 1 aromatic heterocycles. The van der Waals surface area contributed by atoms with E-state index in [0.717, 1.165) is 30.4 Å². The van der Waals surface area contributed by atoms with Gasteiger partial charge in [0.15, 0.2) is 0 Å². The van der Waals surface area contributed by atoms with E-state index >= 15 is 0 Å². The van der Waals surface area contributed by atoms with Crippen LogP contribution in [0.3, 0.4) is 0 Å². The molecule has 2 fully saturated rings. The number of anilines is 1. The zero-order chi connectivity index (χ0) is 18.4. The van der Waals surface area contributed by atoms with Gasteiger partial charge >= 0.3 is 0 Å². The molecule has 136 valence electrons. The Morgan fingerprint density at radius 2 is 1.65 bits per heavy atom. The summed E-state index contributed by atoms with van der Waals surface area (Å²) >= 11 is 0.